The standard InChI is InChI=1S/C18H24N2O3/c1-12(2)23-10-6-9-19-18-14-7-4-5-8-16(14)20-13(3)15(18)11-17(21)22/h4-5,7-8,12H,6,9-11H2,1-3H3,(H,19,20)(H,21,22). The summed E-state index contributed by atoms with van der Waals surface area (Å²) in [5.74, 6) is -0.851. The number of nitrogens with one attached hydrogen (secondary N) is 1. The lowest BCUT2D eigenvalue weighted by Gasteiger charge is -2.16. The minimum atomic E-state index is -0.851. The number of pyridine rings is 1. The first kappa shape index (κ1) is 17.2. The van der Waals surface area contributed by atoms with Crippen LogP contribution < -0.4 is 5.32 Å². The zero-order chi connectivity index (χ0) is 16.8. The van der Waals surface area contributed by atoms with Crippen LogP contribution in [0.25, 0.3) is 10.9 Å². The van der Waals surface area contributed by atoms with Gasteiger partial charge in [0.1, 0.15) is 0 Å². The molecule has 0 aliphatic heterocycles. The van der Waals surface area contributed by atoms with Gasteiger partial charge in [-0.05, 0) is 33.3 Å². The maximum Gasteiger partial charge on any atom is 0.307 e. The van der Waals surface area contributed by atoms with Gasteiger partial charge in [0.05, 0.1) is 18.0 Å². The second-order valence-electron chi connectivity index (χ2n) is 5.84. The smallest absolute Gasteiger partial charge is 0.307 e. The lowest BCUT2D eigenvalue weighted by Crippen LogP contribution is -2.13. The van der Waals surface area contributed by atoms with Crippen LogP contribution in [0.4, 0.5) is 5.69 Å². The Morgan fingerprint density at radius 2 is 2.09 bits per heavy atom. The number of carboxylic acid groups (broad SMARTS) is 1. The van der Waals surface area contributed by atoms with Gasteiger partial charge >= 0.3 is 5.97 Å². The van der Waals surface area contributed by atoms with Crippen molar-refractivity contribution in [3.8, 4) is 0 Å². The lowest BCUT2D eigenvalue weighted by atomic mass is 10.0. The van der Waals surface area contributed by atoms with Gasteiger partial charge in [-0.2, -0.15) is 0 Å². The number of ether oxygens (including phenoxy) is 1. The minimum absolute atomic E-state index is 0.0332. The zero-order valence-electron chi connectivity index (χ0n) is 13.9. The molecule has 0 atom stereocenters. The molecule has 0 amide bonds. The number of nitrogens with zero attached hydrogens (tertiary/aromatic N) is 1. The normalized spacial score (nSPS) is 11.1. The molecule has 0 bridgehead atoms. The second-order valence-corrected chi connectivity index (χ2v) is 5.84. The van der Waals surface area contributed by atoms with Crippen molar-refractivity contribution in [2.75, 3.05) is 18.5 Å². The van der Waals surface area contributed by atoms with Gasteiger partial charge in [0.15, 0.2) is 0 Å². The Kier molecular flexibility index (Phi) is 5.93. The highest BCUT2D eigenvalue weighted by molar-refractivity contribution is 5.94. The maximum absolute atomic E-state index is 11.2. The second kappa shape index (κ2) is 7.92. The summed E-state index contributed by atoms with van der Waals surface area (Å²) in [6, 6.07) is 7.79. The van der Waals surface area contributed by atoms with Crippen LogP contribution in [0, 0.1) is 6.92 Å². The summed E-state index contributed by atoms with van der Waals surface area (Å²) >= 11 is 0. The van der Waals surface area contributed by atoms with Crippen molar-refractivity contribution in [2.45, 2.75) is 39.7 Å². The van der Waals surface area contributed by atoms with Crippen molar-refractivity contribution >= 4 is 22.6 Å². The number of benzene rings is 1. The van der Waals surface area contributed by atoms with Crippen molar-refractivity contribution in [2.24, 2.45) is 0 Å². The molecule has 0 saturated carbocycles. The molecule has 2 N–H and O–H groups in total. The van der Waals surface area contributed by atoms with Crippen LogP contribution in [0.3, 0.4) is 0 Å². The molecule has 1 heterocycles. The number of hydrogen-bond donors (Lipinski definition) is 2. The molecule has 2 rings (SSSR count). The number of hydrogen-bond acceptors (Lipinski definition) is 4. The third kappa shape index (κ3) is 4.66. The summed E-state index contributed by atoms with van der Waals surface area (Å²) in [5.41, 5.74) is 3.26. The van der Waals surface area contributed by atoms with E-state index in [-0.39, 0.29) is 12.5 Å². The molecule has 1 aromatic carbocycles. The van der Waals surface area contributed by atoms with E-state index in [1.807, 2.05) is 45.0 Å². The third-order valence-electron chi connectivity index (χ3n) is 3.60. The summed E-state index contributed by atoms with van der Waals surface area (Å²) < 4.78 is 5.54. The van der Waals surface area contributed by atoms with E-state index in [9.17, 15) is 9.90 Å². The summed E-state index contributed by atoms with van der Waals surface area (Å²) in [4.78, 5) is 15.7. The Bertz CT molecular complexity index is 683. The number of fused-ring (bicyclic) bond motifs is 1. The number of carboxylic acids is 1. The van der Waals surface area contributed by atoms with Crippen molar-refractivity contribution in [1.82, 2.24) is 4.98 Å². The van der Waals surface area contributed by atoms with Gasteiger partial charge in [0.2, 0.25) is 0 Å². The van der Waals surface area contributed by atoms with E-state index in [2.05, 4.69) is 10.3 Å². The molecule has 0 fully saturated rings. The summed E-state index contributed by atoms with van der Waals surface area (Å²) in [6.07, 6.45) is 1.05. The van der Waals surface area contributed by atoms with Gasteiger partial charge in [0, 0.05) is 35.5 Å². The Balaban J connectivity index is 2.24. The highest BCUT2D eigenvalue weighted by Crippen LogP contribution is 2.29. The van der Waals surface area contributed by atoms with Gasteiger partial charge in [-0.25, -0.2) is 0 Å². The number of carbonyl (C=O) groups is 1. The van der Waals surface area contributed by atoms with E-state index in [1.165, 1.54) is 0 Å². The third-order valence-corrected chi connectivity index (χ3v) is 3.60. The molecule has 5 heteroatoms. The van der Waals surface area contributed by atoms with Crippen molar-refractivity contribution in [3.63, 3.8) is 0 Å². The first-order valence-electron chi connectivity index (χ1n) is 7.94. The predicted octanol–water partition coefficient (Wildman–Crippen LogP) is 3.40. The zero-order valence-corrected chi connectivity index (χ0v) is 13.9. The Morgan fingerprint density at radius 1 is 1.35 bits per heavy atom. The van der Waals surface area contributed by atoms with Gasteiger partial charge in [0.25, 0.3) is 0 Å². The largest absolute Gasteiger partial charge is 0.481 e. The Labute approximate surface area is 136 Å². The van der Waals surface area contributed by atoms with Gasteiger partial charge < -0.3 is 15.2 Å². The Morgan fingerprint density at radius 3 is 2.78 bits per heavy atom. The van der Waals surface area contributed by atoms with Crippen LogP contribution in [-0.2, 0) is 16.0 Å². The lowest BCUT2D eigenvalue weighted by molar-refractivity contribution is -0.136. The van der Waals surface area contributed by atoms with Crippen LogP contribution in [0.1, 0.15) is 31.5 Å². The monoisotopic (exact) mass is 316 g/mol. The maximum atomic E-state index is 11.2. The molecular weight excluding hydrogens is 292 g/mol. The molecule has 23 heavy (non-hydrogen) atoms. The van der Waals surface area contributed by atoms with E-state index in [0.29, 0.717) is 6.61 Å². The number of aliphatic carboxylic acids is 1. The molecule has 0 saturated heterocycles. The highest BCUT2D eigenvalue weighted by atomic mass is 16.5. The van der Waals surface area contributed by atoms with Crippen LogP contribution in [0.5, 0.6) is 0 Å². The Hall–Kier alpha value is -2.14. The number of aryl methyl sites for hydroxylation is 1. The first-order chi connectivity index (χ1) is 11.0. The number of para-hydroxylation sites is 1. The van der Waals surface area contributed by atoms with E-state index in [4.69, 9.17) is 4.74 Å². The molecule has 0 unspecified atom stereocenters. The molecule has 124 valence electrons. The molecular formula is C18H24N2O3. The van der Waals surface area contributed by atoms with Gasteiger partial charge in [-0.3, -0.25) is 9.78 Å². The summed E-state index contributed by atoms with van der Waals surface area (Å²) in [5, 5.41) is 13.5. The van der Waals surface area contributed by atoms with E-state index < -0.39 is 5.97 Å². The molecule has 0 aliphatic carbocycles. The molecule has 0 radical (unpaired) electrons. The molecule has 0 spiro atoms. The highest BCUT2D eigenvalue weighted by Gasteiger charge is 2.15. The predicted molar refractivity (Wildman–Crippen MR) is 92.0 cm³/mol. The number of rotatable bonds is 8. The quantitative estimate of drug-likeness (QED) is 0.730. The van der Waals surface area contributed by atoms with Gasteiger partial charge in [-0.15, -0.1) is 0 Å². The van der Waals surface area contributed by atoms with E-state index >= 15 is 0 Å². The van der Waals surface area contributed by atoms with Crippen LogP contribution in [0.2, 0.25) is 0 Å². The summed E-state index contributed by atoms with van der Waals surface area (Å²) in [6.45, 7) is 7.29. The fourth-order valence-electron chi connectivity index (χ4n) is 2.55. The number of anilines is 1. The van der Waals surface area contributed by atoms with Crippen LogP contribution >= 0.6 is 0 Å². The van der Waals surface area contributed by atoms with Crippen molar-refractivity contribution in [1.29, 1.82) is 0 Å². The molecule has 2 aromatic rings. The molecule has 0 aliphatic rings. The topological polar surface area (TPSA) is 71.5 Å². The van der Waals surface area contributed by atoms with Crippen molar-refractivity contribution in [3.05, 3.63) is 35.5 Å². The van der Waals surface area contributed by atoms with Crippen LogP contribution in [0.15, 0.2) is 24.3 Å². The first-order valence-corrected chi connectivity index (χ1v) is 7.94. The van der Waals surface area contributed by atoms with Crippen LogP contribution in [-0.4, -0.2) is 35.3 Å². The van der Waals surface area contributed by atoms with Crippen molar-refractivity contribution < 1.29 is 14.6 Å². The molecule has 5 nitrogen and oxygen atoms in total. The summed E-state index contributed by atoms with van der Waals surface area (Å²) in [7, 11) is 0. The SMILES string of the molecule is Cc1nc2ccccc2c(NCCCOC(C)C)c1CC(=O)O. The van der Waals surface area contributed by atoms with E-state index in [1.54, 1.807) is 0 Å². The minimum Gasteiger partial charge on any atom is -0.481 e. The average molecular weight is 316 g/mol. The molecule has 1 aromatic heterocycles. The van der Waals surface area contributed by atoms with E-state index in [0.717, 1.165) is 40.8 Å². The average Bonchev–Trinajstić information content (AvgIpc) is 2.48. The fraction of sp³-hybridized carbons (Fsp3) is 0.444. The van der Waals surface area contributed by atoms with Gasteiger partial charge in [-0.1, -0.05) is 18.2 Å². The fourth-order valence-corrected chi connectivity index (χ4v) is 2.55. The number of aromatic nitrogens is 1.